The first-order valence-corrected chi connectivity index (χ1v) is 9.36. The summed E-state index contributed by atoms with van der Waals surface area (Å²) in [4.78, 5) is 25.2. The van der Waals surface area contributed by atoms with Crippen molar-refractivity contribution >= 4 is 11.7 Å². The van der Waals surface area contributed by atoms with Gasteiger partial charge in [-0.25, -0.2) is 9.97 Å². The average Bonchev–Trinajstić information content (AvgIpc) is 3.27. The molecule has 0 unspecified atom stereocenters. The zero-order valence-electron chi connectivity index (χ0n) is 15.9. The molecular formula is C21H23N5O2. The molecule has 0 bridgehead atoms. The van der Waals surface area contributed by atoms with Crippen LogP contribution in [-0.2, 0) is 4.79 Å². The van der Waals surface area contributed by atoms with E-state index in [0.717, 1.165) is 36.0 Å². The fourth-order valence-corrected chi connectivity index (χ4v) is 3.27. The predicted molar refractivity (Wildman–Crippen MR) is 107 cm³/mol. The lowest BCUT2D eigenvalue weighted by Crippen LogP contribution is -2.50. The molecule has 7 nitrogen and oxygen atoms in total. The van der Waals surface area contributed by atoms with Crippen LogP contribution in [0.4, 0.5) is 5.82 Å². The molecule has 1 amide bonds. The number of carbonyl (C=O) groups is 1. The van der Waals surface area contributed by atoms with E-state index in [0.29, 0.717) is 13.1 Å². The largest absolute Gasteiger partial charge is 0.484 e. The molecule has 1 aliphatic rings. The van der Waals surface area contributed by atoms with Gasteiger partial charge in [0.1, 0.15) is 23.7 Å². The Labute approximate surface area is 164 Å². The van der Waals surface area contributed by atoms with Crippen molar-refractivity contribution in [2.45, 2.75) is 6.92 Å². The van der Waals surface area contributed by atoms with Gasteiger partial charge in [0.05, 0.1) is 0 Å². The highest BCUT2D eigenvalue weighted by molar-refractivity contribution is 5.78. The summed E-state index contributed by atoms with van der Waals surface area (Å²) >= 11 is 0. The van der Waals surface area contributed by atoms with E-state index < -0.39 is 0 Å². The second-order valence-electron chi connectivity index (χ2n) is 6.80. The van der Waals surface area contributed by atoms with Crippen molar-refractivity contribution in [2.75, 3.05) is 37.7 Å². The number of rotatable bonds is 5. The van der Waals surface area contributed by atoms with Crippen LogP contribution in [0.5, 0.6) is 5.75 Å². The summed E-state index contributed by atoms with van der Waals surface area (Å²) in [5, 5.41) is 0. The molecule has 7 heteroatoms. The third kappa shape index (κ3) is 4.14. The number of benzene rings is 1. The van der Waals surface area contributed by atoms with Crippen LogP contribution in [0.3, 0.4) is 0 Å². The van der Waals surface area contributed by atoms with Gasteiger partial charge in [0.25, 0.3) is 5.91 Å². The summed E-state index contributed by atoms with van der Waals surface area (Å²) in [5.41, 5.74) is 1.11. The van der Waals surface area contributed by atoms with E-state index in [-0.39, 0.29) is 12.5 Å². The van der Waals surface area contributed by atoms with Crippen molar-refractivity contribution in [3.63, 3.8) is 0 Å². The minimum Gasteiger partial charge on any atom is -0.484 e. The van der Waals surface area contributed by atoms with Crippen LogP contribution < -0.4 is 9.64 Å². The van der Waals surface area contributed by atoms with Crippen LogP contribution in [0.1, 0.15) is 5.56 Å². The van der Waals surface area contributed by atoms with Crippen LogP contribution in [0.25, 0.3) is 5.82 Å². The molecule has 1 aromatic carbocycles. The number of aryl methyl sites for hydroxylation is 1. The highest BCUT2D eigenvalue weighted by atomic mass is 16.5. The number of piperazine rings is 1. The van der Waals surface area contributed by atoms with Crippen molar-refractivity contribution in [2.24, 2.45) is 0 Å². The van der Waals surface area contributed by atoms with Gasteiger partial charge in [-0.2, -0.15) is 0 Å². The molecule has 0 aliphatic carbocycles. The van der Waals surface area contributed by atoms with Gasteiger partial charge in [0, 0.05) is 44.6 Å². The first kappa shape index (κ1) is 18.0. The molecule has 3 aromatic rings. The minimum atomic E-state index is 0.0110. The molecule has 0 N–H and O–H groups in total. The van der Waals surface area contributed by atoms with Crippen molar-refractivity contribution < 1.29 is 9.53 Å². The lowest BCUT2D eigenvalue weighted by Gasteiger charge is -2.35. The van der Waals surface area contributed by atoms with E-state index in [1.165, 1.54) is 0 Å². The maximum atomic E-state index is 12.5. The molecule has 144 valence electrons. The number of ether oxygens (including phenoxy) is 1. The first-order valence-electron chi connectivity index (χ1n) is 9.36. The molecule has 0 radical (unpaired) electrons. The summed E-state index contributed by atoms with van der Waals surface area (Å²) in [6.07, 6.45) is 5.49. The summed E-state index contributed by atoms with van der Waals surface area (Å²) in [5.74, 6) is 2.45. The smallest absolute Gasteiger partial charge is 0.260 e. The number of nitrogens with zero attached hydrogens (tertiary/aromatic N) is 5. The van der Waals surface area contributed by atoms with Gasteiger partial charge in [-0.1, -0.05) is 12.1 Å². The fourth-order valence-electron chi connectivity index (χ4n) is 3.27. The van der Waals surface area contributed by atoms with Gasteiger partial charge in [0.15, 0.2) is 6.61 Å². The maximum absolute atomic E-state index is 12.5. The van der Waals surface area contributed by atoms with E-state index in [1.54, 1.807) is 6.33 Å². The van der Waals surface area contributed by atoms with Crippen molar-refractivity contribution in [3.05, 3.63) is 66.7 Å². The summed E-state index contributed by atoms with van der Waals surface area (Å²) in [6, 6.07) is 13.6. The van der Waals surface area contributed by atoms with Gasteiger partial charge < -0.3 is 19.1 Å². The van der Waals surface area contributed by atoms with Crippen LogP contribution in [0.15, 0.2) is 61.2 Å². The number of anilines is 1. The Morgan fingerprint density at radius 3 is 2.50 bits per heavy atom. The molecule has 2 aromatic heterocycles. The topological polar surface area (TPSA) is 63.5 Å². The molecule has 3 heterocycles. The van der Waals surface area contributed by atoms with E-state index >= 15 is 0 Å². The summed E-state index contributed by atoms with van der Waals surface area (Å²) in [7, 11) is 0. The maximum Gasteiger partial charge on any atom is 0.260 e. The molecular weight excluding hydrogens is 354 g/mol. The molecule has 0 atom stereocenters. The van der Waals surface area contributed by atoms with E-state index in [4.69, 9.17) is 4.74 Å². The molecule has 1 aliphatic heterocycles. The Bertz CT molecular complexity index is 933. The van der Waals surface area contributed by atoms with Gasteiger partial charge in [-0.3, -0.25) is 4.79 Å². The standard InChI is InChI=1S/C21H23N5O2/c1-17-5-4-6-18(13-17)28-15-21(27)26-11-9-25(10-12-26)20-14-19(22-16-23-20)24-7-2-3-8-24/h2-8,13-14,16H,9-12,15H2,1H3. The van der Waals surface area contributed by atoms with Crippen molar-refractivity contribution in [3.8, 4) is 11.6 Å². The summed E-state index contributed by atoms with van der Waals surface area (Å²) < 4.78 is 7.59. The molecule has 1 fully saturated rings. The number of carbonyl (C=O) groups excluding carboxylic acids is 1. The lowest BCUT2D eigenvalue weighted by atomic mass is 10.2. The normalized spacial score (nSPS) is 14.2. The highest BCUT2D eigenvalue weighted by Crippen LogP contribution is 2.17. The van der Waals surface area contributed by atoms with Gasteiger partial charge in [-0.15, -0.1) is 0 Å². The quantitative estimate of drug-likeness (QED) is 0.683. The number of hydrogen-bond donors (Lipinski definition) is 0. The van der Waals surface area contributed by atoms with Gasteiger partial charge in [-0.05, 0) is 36.8 Å². The molecule has 28 heavy (non-hydrogen) atoms. The third-order valence-corrected chi connectivity index (χ3v) is 4.82. The monoisotopic (exact) mass is 377 g/mol. The molecule has 4 rings (SSSR count). The minimum absolute atomic E-state index is 0.0110. The highest BCUT2D eigenvalue weighted by Gasteiger charge is 2.22. The third-order valence-electron chi connectivity index (χ3n) is 4.82. The van der Waals surface area contributed by atoms with Crippen LogP contribution >= 0.6 is 0 Å². The summed E-state index contributed by atoms with van der Waals surface area (Å²) in [6.45, 7) is 4.84. The Morgan fingerprint density at radius 1 is 1.00 bits per heavy atom. The molecule has 0 spiro atoms. The van der Waals surface area contributed by atoms with Gasteiger partial charge in [0.2, 0.25) is 0 Å². The Balaban J connectivity index is 1.32. The first-order chi connectivity index (χ1) is 13.7. The Morgan fingerprint density at radius 2 is 1.75 bits per heavy atom. The van der Waals surface area contributed by atoms with Crippen molar-refractivity contribution in [1.82, 2.24) is 19.4 Å². The number of amides is 1. The van der Waals surface area contributed by atoms with Crippen LogP contribution in [0, 0.1) is 6.92 Å². The van der Waals surface area contributed by atoms with Gasteiger partial charge >= 0.3 is 0 Å². The second-order valence-corrected chi connectivity index (χ2v) is 6.80. The fraction of sp³-hybridized carbons (Fsp3) is 0.286. The zero-order valence-corrected chi connectivity index (χ0v) is 15.9. The predicted octanol–water partition coefficient (Wildman–Crippen LogP) is 2.30. The molecule has 0 saturated carbocycles. The van der Waals surface area contributed by atoms with E-state index in [9.17, 15) is 4.79 Å². The van der Waals surface area contributed by atoms with Crippen LogP contribution in [-0.4, -0.2) is 58.1 Å². The number of aromatic nitrogens is 3. The molecule has 1 saturated heterocycles. The second kappa shape index (κ2) is 8.12. The lowest BCUT2D eigenvalue weighted by molar-refractivity contribution is -0.133. The number of hydrogen-bond acceptors (Lipinski definition) is 5. The van der Waals surface area contributed by atoms with Crippen LogP contribution in [0.2, 0.25) is 0 Å². The van der Waals surface area contributed by atoms with E-state index in [1.807, 2.05) is 71.2 Å². The van der Waals surface area contributed by atoms with Crippen molar-refractivity contribution in [1.29, 1.82) is 0 Å². The average molecular weight is 377 g/mol. The van der Waals surface area contributed by atoms with E-state index in [2.05, 4.69) is 14.9 Å². The Kier molecular flexibility index (Phi) is 5.23. The SMILES string of the molecule is Cc1cccc(OCC(=O)N2CCN(c3cc(-n4cccc4)ncn3)CC2)c1. The zero-order chi connectivity index (χ0) is 19.3. The Hall–Kier alpha value is -3.35.